The maximum absolute atomic E-state index is 13.2. The Balaban J connectivity index is 1.49. The summed E-state index contributed by atoms with van der Waals surface area (Å²) < 4.78 is 0. The molecule has 0 bridgehead atoms. The normalized spacial score (nSPS) is 18.0. The third-order valence-electron chi connectivity index (χ3n) is 5.88. The molecule has 150 valence electrons. The summed E-state index contributed by atoms with van der Waals surface area (Å²) in [5, 5.41) is 2.96. The molecule has 2 aromatic carbocycles. The Hall–Kier alpha value is -2.95. The van der Waals surface area contributed by atoms with Gasteiger partial charge in [-0.05, 0) is 38.2 Å². The third-order valence-corrected chi connectivity index (χ3v) is 5.88. The summed E-state index contributed by atoms with van der Waals surface area (Å²) in [5.41, 5.74) is 2.98. The number of hydrogen-bond acceptors (Lipinski definition) is 3. The average Bonchev–Trinajstić information content (AvgIpc) is 3.00. The van der Waals surface area contributed by atoms with Crippen molar-refractivity contribution >= 4 is 17.5 Å². The molecule has 1 saturated carbocycles. The maximum atomic E-state index is 13.2. The molecular formula is C24H27N3O2. The average molecular weight is 389 g/mol. The summed E-state index contributed by atoms with van der Waals surface area (Å²) in [6.07, 6.45) is 4.85. The molecule has 1 heterocycles. The largest absolute Gasteiger partial charge is 0.350 e. The van der Waals surface area contributed by atoms with E-state index in [0.717, 1.165) is 43.2 Å². The van der Waals surface area contributed by atoms with Crippen LogP contribution in [-0.2, 0) is 16.1 Å². The molecule has 1 fully saturated rings. The van der Waals surface area contributed by atoms with E-state index in [1.165, 1.54) is 5.56 Å². The van der Waals surface area contributed by atoms with Crippen molar-refractivity contribution in [2.24, 2.45) is 4.99 Å². The molecule has 5 nitrogen and oxygen atoms in total. The molecule has 1 spiro atoms. The standard InChI is InChI=1S/C24H27N3O2/c1-18-10-12-19(13-11-18)16-25-21(28)17-27-23(29)22(20-8-4-2-5-9-20)26-24(27)14-6-3-7-15-24/h2,4-5,8-13H,3,6-7,14-17H2,1H3,(H,25,28). The number of benzene rings is 2. The highest BCUT2D eigenvalue weighted by molar-refractivity contribution is 6.47. The van der Waals surface area contributed by atoms with Crippen LogP contribution in [0.25, 0.3) is 0 Å². The lowest BCUT2D eigenvalue weighted by Gasteiger charge is -2.38. The fourth-order valence-electron chi connectivity index (χ4n) is 4.24. The van der Waals surface area contributed by atoms with Gasteiger partial charge >= 0.3 is 0 Å². The van der Waals surface area contributed by atoms with Crippen molar-refractivity contribution in [3.63, 3.8) is 0 Å². The molecule has 1 N–H and O–H groups in total. The van der Waals surface area contributed by atoms with Crippen molar-refractivity contribution in [2.45, 2.75) is 51.2 Å². The zero-order chi connectivity index (χ0) is 20.3. The summed E-state index contributed by atoms with van der Waals surface area (Å²) >= 11 is 0. The van der Waals surface area contributed by atoms with Crippen LogP contribution < -0.4 is 5.32 Å². The smallest absolute Gasteiger partial charge is 0.275 e. The number of amides is 2. The van der Waals surface area contributed by atoms with Crippen LogP contribution in [0.3, 0.4) is 0 Å². The fourth-order valence-corrected chi connectivity index (χ4v) is 4.24. The molecule has 0 radical (unpaired) electrons. The van der Waals surface area contributed by atoms with E-state index >= 15 is 0 Å². The van der Waals surface area contributed by atoms with E-state index in [2.05, 4.69) is 5.32 Å². The van der Waals surface area contributed by atoms with Gasteiger partial charge in [0.2, 0.25) is 5.91 Å². The first kappa shape index (κ1) is 19.4. The van der Waals surface area contributed by atoms with Gasteiger partial charge in [-0.25, -0.2) is 0 Å². The van der Waals surface area contributed by atoms with Crippen LogP contribution in [0.1, 0.15) is 48.8 Å². The summed E-state index contributed by atoms with van der Waals surface area (Å²) in [5.74, 6) is -0.281. The lowest BCUT2D eigenvalue weighted by Crippen LogP contribution is -2.52. The Labute approximate surface area is 171 Å². The second-order valence-electron chi connectivity index (χ2n) is 8.02. The highest BCUT2D eigenvalue weighted by Gasteiger charge is 2.48. The minimum absolute atomic E-state index is 0.0462. The van der Waals surface area contributed by atoms with E-state index < -0.39 is 5.66 Å². The predicted molar refractivity (Wildman–Crippen MR) is 114 cm³/mol. The lowest BCUT2D eigenvalue weighted by molar-refractivity contribution is -0.136. The molecule has 1 aliphatic carbocycles. The van der Waals surface area contributed by atoms with Gasteiger partial charge in [0, 0.05) is 12.1 Å². The molecule has 29 heavy (non-hydrogen) atoms. The summed E-state index contributed by atoms with van der Waals surface area (Å²) in [7, 11) is 0. The van der Waals surface area contributed by atoms with Gasteiger partial charge in [0.1, 0.15) is 17.9 Å². The van der Waals surface area contributed by atoms with E-state index in [4.69, 9.17) is 4.99 Å². The topological polar surface area (TPSA) is 61.8 Å². The molecule has 0 saturated heterocycles. The summed E-state index contributed by atoms with van der Waals surface area (Å²) in [6.45, 7) is 2.54. The van der Waals surface area contributed by atoms with Gasteiger partial charge in [-0.3, -0.25) is 14.6 Å². The molecule has 0 unspecified atom stereocenters. The van der Waals surface area contributed by atoms with Gasteiger partial charge in [0.05, 0.1) is 0 Å². The van der Waals surface area contributed by atoms with Crippen LogP contribution >= 0.6 is 0 Å². The van der Waals surface area contributed by atoms with Crippen LogP contribution in [-0.4, -0.2) is 34.6 Å². The number of hydrogen-bond donors (Lipinski definition) is 1. The summed E-state index contributed by atoms with van der Waals surface area (Å²) in [4.78, 5) is 32.6. The zero-order valence-electron chi connectivity index (χ0n) is 16.9. The van der Waals surface area contributed by atoms with Crippen molar-refractivity contribution in [3.8, 4) is 0 Å². The highest BCUT2D eigenvalue weighted by atomic mass is 16.2. The Morgan fingerprint density at radius 3 is 2.41 bits per heavy atom. The van der Waals surface area contributed by atoms with Gasteiger partial charge in [-0.2, -0.15) is 0 Å². The van der Waals surface area contributed by atoms with Crippen LogP contribution in [0.2, 0.25) is 0 Å². The van der Waals surface area contributed by atoms with Gasteiger partial charge in [-0.1, -0.05) is 66.6 Å². The Kier molecular flexibility index (Phi) is 5.47. The minimum Gasteiger partial charge on any atom is -0.350 e. The molecule has 0 aromatic heterocycles. The SMILES string of the molecule is Cc1ccc(CNC(=O)CN2C(=O)C(c3ccccc3)=NC23CCCCC3)cc1. The first-order chi connectivity index (χ1) is 14.1. The fraction of sp³-hybridized carbons (Fsp3) is 0.375. The van der Waals surface area contributed by atoms with Crippen molar-refractivity contribution < 1.29 is 9.59 Å². The van der Waals surface area contributed by atoms with Crippen LogP contribution in [0.15, 0.2) is 59.6 Å². The number of aryl methyl sites for hydroxylation is 1. The number of aliphatic imine (C=N–C) groups is 1. The van der Waals surface area contributed by atoms with Gasteiger partial charge in [0.25, 0.3) is 5.91 Å². The number of nitrogens with one attached hydrogen (secondary N) is 1. The molecular weight excluding hydrogens is 362 g/mol. The summed E-state index contributed by atoms with van der Waals surface area (Å²) in [6, 6.07) is 17.7. The highest BCUT2D eigenvalue weighted by Crippen LogP contribution is 2.39. The molecule has 2 amide bonds. The molecule has 2 aromatic rings. The van der Waals surface area contributed by atoms with Crippen molar-refractivity contribution in [1.82, 2.24) is 10.2 Å². The number of carbonyl (C=O) groups is 2. The predicted octanol–water partition coefficient (Wildman–Crippen LogP) is 3.60. The van der Waals surface area contributed by atoms with Gasteiger partial charge < -0.3 is 10.2 Å². The quantitative estimate of drug-likeness (QED) is 0.849. The van der Waals surface area contributed by atoms with E-state index in [1.54, 1.807) is 4.90 Å². The molecule has 5 heteroatoms. The first-order valence-corrected chi connectivity index (χ1v) is 10.4. The van der Waals surface area contributed by atoms with Crippen LogP contribution in [0.4, 0.5) is 0 Å². The number of nitrogens with zero attached hydrogens (tertiary/aromatic N) is 2. The van der Waals surface area contributed by atoms with Crippen LogP contribution in [0.5, 0.6) is 0 Å². The zero-order valence-corrected chi connectivity index (χ0v) is 16.9. The van der Waals surface area contributed by atoms with Gasteiger partial charge in [-0.15, -0.1) is 0 Å². The second kappa shape index (κ2) is 8.19. The second-order valence-corrected chi connectivity index (χ2v) is 8.02. The molecule has 4 rings (SSSR count). The van der Waals surface area contributed by atoms with E-state index in [9.17, 15) is 9.59 Å². The van der Waals surface area contributed by atoms with Gasteiger partial charge in [0.15, 0.2) is 0 Å². The number of carbonyl (C=O) groups excluding carboxylic acids is 2. The Bertz CT molecular complexity index is 913. The maximum Gasteiger partial charge on any atom is 0.275 e. The number of rotatable bonds is 5. The Morgan fingerprint density at radius 1 is 1.03 bits per heavy atom. The molecule has 0 atom stereocenters. The molecule has 1 aliphatic heterocycles. The van der Waals surface area contributed by atoms with Crippen LogP contribution in [0, 0.1) is 6.92 Å². The first-order valence-electron chi connectivity index (χ1n) is 10.4. The monoisotopic (exact) mass is 389 g/mol. The molecule has 2 aliphatic rings. The minimum atomic E-state index is -0.568. The van der Waals surface area contributed by atoms with Crippen molar-refractivity contribution in [2.75, 3.05) is 6.54 Å². The third kappa shape index (κ3) is 4.09. The Morgan fingerprint density at radius 2 is 1.72 bits per heavy atom. The van der Waals surface area contributed by atoms with Crippen molar-refractivity contribution in [1.29, 1.82) is 0 Å². The van der Waals surface area contributed by atoms with E-state index in [0.29, 0.717) is 12.3 Å². The van der Waals surface area contributed by atoms with Crippen molar-refractivity contribution in [3.05, 3.63) is 71.3 Å². The lowest BCUT2D eigenvalue weighted by atomic mass is 9.88. The van der Waals surface area contributed by atoms with E-state index in [1.807, 2.05) is 61.5 Å². The van der Waals surface area contributed by atoms with E-state index in [-0.39, 0.29) is 18.4 Å².